The Bertz CT molecular complexity index is 510. The Labute approximate surface area is 105 Å². The highest BCUT2D eigenvalue weighted by atomic mass is 32.1. The number of anilines is 1. The van der Waals surface area contributed by atoms with Crippen molar-refractivity contribution in [2.24, 2.45) is 0 Å². The zero-order valence-electron chi connectivity index (χ0n) is 10.2. The molecule has 0 spiro atoms. The maximum absolute atomic E-state index is 5.26. The number of hydrogen-bond donors (Lipinski definition) is 1. The predicted octanol–water partition coefficient (Wildman–Crippen LogP) is 2.78. The van der Waals surface area contributed by atoms with Crippen LogP contribution in [0.3, 0.4) is 0 Å². The van der Waals surface area contributed by atoms with E-state index >= 15 is 0 Å². The van der Waals surface area contributed by atoms with Crippen molar-refractivity contribution in [1.82, 2.24) is 9.97 Å². The van der Waals surface area contributed by atoms with Gasteiger partial charge in [0, 0.05) is 16.8 Å². The zero-order chi connectivity index (χ0) is 12.3. The molecule has 2 rings (SSSR count). The van der Waals surface area contributed by atoms with Gasteiger partial charge in [0.2, 0.25) is 0 Å². The Hall–Kier alpha value is -1.62. The highest BCUT2D eigenvalue weighted by Crippen LogP contribution is 2.24. The fraction of sp³-hybridized carbons (Fsp3) is 0.333. The number of nitrogens with one attached hydrogen (secondary N) is 1. The Balaban J connectivity index is 2.10. The van der Waals surface area contributed by atoms with Crippen molar-refractivity contribution in [2.45, 2.75) is 20.4 Å². The number of ether oxygens (including phenoxy) is 1. The highest BCUT2D eigenvalue weighted by molar-refractivity contribution is 7.11. The SMILES string of the molecule is COc1cnc(C)cc1NCc1cnc(C)s1. The molecule has 2 aromatic rings. The van der Waals surface area contributed by atoms with Crippen molar-refractivity contribution in [2.75, 3.05) is 12.4 Å². The third kappa shape index (κ3) is 2.94. The van der Waals surface area contributed by atoms with Crippen LogP contribution in [0.5, 0.6) is 5.75 Å². The van der Waals surface area contributed by atoms with Crippen LogP contribution in [0.4, 0.5) is 5.69 Å². The molecule has 0 aromatic carbocycles. The molecule has 0 unspecified atom stereocenters. The Morgan fingerprint density at radius 1 is 1.29 bits per heavy atom. The molecule has 0 radical (unpaired) electrons. The minimum atomic E-state index is 0.755. The summed E-state index contributed by atoms with van der Waals surface area (Å²) >= 11 is 1.69. The lowest BCUT2D eigenvalue weighted by Crippen LogP contribution is -2.01. The van der Waals surface area contributed by atoms with Gasteiger partial charge < -0.3 is 10.1 Å². The molecule has 0 bridgehead atoms. The van der Waals surface area contributed by atoms with Crippen molar-refractivity contribution in [3.63, 3.8) is 0 Å². The van der Waals surface area contributed by atoms with E-state index in [4.69, 9.17) is 4.74 Å². The van der Waals surface area contributed by atoms with Gasteiger partial charge in [-0.2, -0.15) is 0 Å². The molecule has 0 fully saturated rings. The quantitative estimate of drug-likeness (QED) is 0.905. The minimum absolute atomic E-state index is 0.755. The lowest BCUT2D eigenvalue weighted by atomic mass is 10.3. The predicted molar refractivity (Wildman–Crippen MR) is 69.7 cm³/mol. The van der Waals surface area contributed by atoms with Crippen molar-refractivity contribution >= 4 is 17.0 Å². The van der Waals surface area contributed by atoms with E-state index in [9.17, 15) is 0 Å². The van der Waals surface area contributed by atoms with Crippen LogP contribution in [0.1, 0.15) is 15.6 Å². The topological polar surface area (TPSA) is 47.0 Å². The normalized spacial score (nSPS) is 10.3. The molecule has 5 heteroatoms. The van der Waals surface area contributed by atoms with E-state index in [1.807, 2.05) is 26.1 Å². The standard InChI is InChI=1S/C12H15N3OS/c1-8-4-11(12(16-3)7-13-8)15-6-10-5-14-9(2)17-10/h4-5,7H,6H2,1-3H3,(H,13,15). The maximum atomic E-state index is 5.26. The summed E-state index contributed by atoms with van der Waals surface area (Å²) in [6.45, 7) is 4.72. The smallest absolute Gasteiger partial charge is 0.160 e. The average Bonchev–Trinajstić information content (AvgIpc) is 2.73. The molecule has 0 aliphatic heterocycles. The molecule has 0 atom stereocenters. The Morgan fingerprint density at radius 2 is 2.12 bits per heavy atom. The molecular weight excluding hydrogens is 234 g/mol. The van der Waals surface area contributed by atoms with Gasteiger partial charge in [0.05, 0.1) is 30.5 Å². The molecule has 1 N–H and O–H groups in total. The summed E-state index contributed by atoms with van der Waals surface area (Å²) in [7, 11) is 1.65. The van der Waals surface area contributed by atoms with E-state index in [1.165, 1.54) is 4.88 Å². The van der Waals surface area contributed by atoms with Crippen LogP contribution < -0.4 is 10.1 Å². The molecule has 0 amide bonds. The molecule has 0 aliphatic carbocycles. The molecular formula is C12H15N3OS. The molecule has 17 heavy (non-hydrogen) atoms. The molecule has 2 aromatic heterocycles. The third-order valence-electron chi connectivity index (χ3n) is 2.35. The van der Waals surface area contributed by atoms with Crippen LogP contribution >= 0.6 is 11.3 Å². The zero-order valence-corrected chi connectivity index (χ0v) is 11.0. The van der Waals surface area contributed by atoms with E-state index in [0.29, 0.717) is 0 Å². The van der Waals surface area contributed by atoms with Gasteiger partial charge in [-0.05, 0) is 19.9 Å². The van der Waals surface area contributed by atoms with Crippen molar-refractivity contribution in [3.8, 4) is 5.75 Å². The molecule has 0 aliphatic rings. The average molecular weight is 249 g/mol. The fourth-order valence-corrected chi connectivity index (χ4v) is 2.25. The fourth-order valence-electron chi connectivity index (χ4n) is 1.52. The number of methoxy groups -OCH3 is 1. The number of aryl methyl sites for hydroxylation is 2. The summed E-state index contributed by atoms with van der Waals surface area (Å²) in [5.74, 6) is 0.761. The lowest BCUT2D eigenvalue weighted by molar-refractivity contribution is 0.414. The van der Waals surface area contributed by atoms with Gasteiger partial charge in [-0.15, -0.1) is 11.3 Å². The second kappa shape index (κ2) is 5.14. The Kier molecular flexibility index (Phi) is 3.58. The number of aromatic nitrogens is 2. The van der Waals surface area contributed by atoms with Gasteiger partial charge in [0.1, 0.15) is 0 Å². The van der Waals surface area contributed by atoms with Crippen LogP contribution in [0.15, 0.2) is 18.5 Å². The Morgan fingerprint density at radius 3 is 2.76 bits per heavy atom. The van der Waals surface area contributed by atoms with Crippen LogP contribution in [0.25, 0.3) is 0 Å². The van der Waals surface area contributed by atoms with Crippen molar-refractivity contribution < 1.29 is 4.74 Å². The maximum Gasteiger partial charge on any atom is 0.160 e. The molecule has 0 saturated carbocycles. The summed E-state index contributed by atoms with van der Waals surface area (Å²) in [5.41, 5.74) is 1.93. The molecule has 4 nitrogen and oxygen atoms in total. The number of nitrogens with zero attached hydrogens (tertiary/aromatic N) is 2. The monoisotopic (exact) mass is 249 g/mol. The first-order chi connectivity index (χ1) is 8.19. The van der Waals surface area contributed by atoms with Gasteiger partial charge in [-0.1, -0.05) is 0 Å². The van der Waals surface area contributed by atoms with E-state index in [0.717, 1.165) is 28.7 Å². The van der Waals surface area contributed by atoms with Crippen LogP contribution in [0, 0.1) is 13.8 Å². The summed E-state index contributed by atoms with van der Waals surface area (Å²) in [6.07, 6.45) is 3.63. The molecule has 90 valence electrons. The summed E-state index contributed by atoms with van der Waals surface area (Å²) in [4.78, 5) is 9.63. The summed E-state index contributed by atoms with van der Waals surface area (Å²) in [6, 6.07) is 1.98. The van der Waals surface area contributed by atoms with E-state index in [1.54, 1.807) is 24.6 Å². The number of rotatable bonds is 4. The number of thiazole rings is 1. The molecule has 2 heterocycles. The second-order valence-corrected chi connectivity index (χ2v) is 5.04. The largest absolute Gasteiger partial charge is 0.493 e. The van der Waals surface area contributed by atoms with Crippen LogP contribution in [-0.2, 0) is 6.54 Å². The van der Waals surface area contributed by atoms with Gasteiger partial charge in [-0.3, -0.25) is 4.98 Å². The summed E-state index contributed by atoms with van der Waals surface area (Å²) in [5, 5.41) is 4.42. The first kappa shape index (κ1) is 11.9. The van der Waals surface area contributed by atoms with E-state index < -0.39 is 0 Å². The van der Waals surface area contributed by atoms with E-state index in [-0.39, 0.29) is 0 Å². The molecule has 0 saturated heterocycles. The van der Waals surface area contributed by atoms with Gasteiger partial charge in [-0.25, -0.2) is 4.98 Å². The lowest BCUT2D eigenvalue weighted by Gasteiger charge is -2.10. The second-order valence-electron chi connectivity index (χ2n) is 3.73. The van der Waals surface area contributed by atoms with Gasteiger partial charge in [0.25, 0.3) is 0 Å². The number of pyridine rings is 1. The highest BCUT2D eigenvalue weighted by Gasteiger charge is 2.04. The van der Waals surface area contributed by atoms with E-state index in [2.05, 4.69) is 15.3 Å². The minimum Gasteiger partial charge on any atom is -0.493 e. The third-order valence-corrected chi connectivity index (χ3v) is 3.26. The number of hydrogen-bond acceptors (Lipinski definition) is 5. The van der Waals surface area contributed by atoms with Gasteiger partial charge >= 0.3 is 0 Å². The summed E-state index contributed by atoms with van der Waals surface area (Å²) < 4.78 is 5.26. The van der Waals surface area contributed by atoms with Crippen molar-refractivity contribution in [3.05, 3.63) is 34.0 Å². The first-order valence-electron chi connectivity index (χ1n) is 5.35. The van der Waals surface area contributed by atoms with Gasteiger partial charge in [0.15, 0.2) is 5.75 Å². The van der Waals surface area contributed by atoms with Crippen LogP contribution in [0.2, 0.25) is 0 Å². The van der Waals surface area contributed by atoms with Crippen LogP contribution in [-0.4, -0.2) is 17.1 Å². The first-order valence-corrected chi connectivity index (χ1v) is 6.16. The van der Waals surface area contributed by atoms with Crippen molar-refractivity contribution in [1.29, 1.82) is 0 Å².